The number of ketones is 1. The molecule has 1 aliphatic heterocycles. The molecule has 4 rings (SSSR count). The van der Waals surface area contributed by atoms with Gasteiger partial charge in [0.15, 0.2) is 5.82 Å². The van der Waals surface area contributed by atoms with E-state index in [1.807, 2.05) is 30.3 Å². The van der Waals surface area contributed by atoms with Gasteiger partial charge in [0.2, 0.25) is 5.91 Å². The van der Waals surface area contributed by atoms with Crippen LogP contribution in [0.5, 0.6) is 0 Å². The Morgan fingerprint density at radius 1 is 1.05 bits per heavy atom. The lowest BCUT2D eigenvalue weighted by Crippen LogP contribution is -2.55. The number of rotatable bonds is 10. The van der Waals surface area contributed by atoms with Gasteiger partial charge in [0.25, 0.3) is 5.91 Å². The summed E-state index contributed by atoms with van der Waals surface area (Å²) >= 11 is 0. The molecule has 0 bridgehead atoms. The van der Waals surface area contributed by atoms with E-state index in [-0.39, 0.29) is 63.0 Å². The normalized spacial score (nSPS) is 16.9. The van der Waals surface area contributed by atoms with Crippen molar-refractivity contribution in [1.29, 1.82) is 0 Å². The van der Waals surface area contributed by atoms with Gasteiger partial charge in [-0.2, -0.15) is 0 Å². The summed E-state index contributed by atoms with van der Waals surface area (Å²) in [7, 11) is 0. The molecule has 2 aliphatic rings. The summed E-state index contributed by atoms with van der Waals surface area (Å²) in [6.45, 7) is 2.69. The van der Waals surface area contributed by atoms with Gasteiger partial charge in [-0.05, 0) is 32.3 Å². The number of hydrogen-bond acceptors (Lipinski definition) is 10. The van der Waals surface area contributed by atoms with E-state index < -0.39 is 30.0 Å². The molecule has 1 aromatic carbocycles. The SMILES string of the molecule is CCOC(=O)ON1CCN(C(=O)[C@H](CCC(=O)O)NC(=O)c2cc(C3CCC(=O)CC3)nc(-c3ccccc3)n2)CC1. The molecule has 2 aromatic rings. The number of nitrogens with zero attached hydrogens (tertiary/aromatic N) is 4. The molecule has 1 aromatic heterocycles. The van der Waals surface area contributed by atoms with Crippen LogP contribution in [0.15, 0.2) is 36.4 Å². The molecule has 1 saturated heterocycles. The van der Waals surface area contributed by atoms with Crippen LogP contribution < -0.4 is 5.32 Å². The van der Waals surface area contributed by atoms with E-state index in [9.17, 15) is 29.1 Å². The molecule has 0 radical (unpaired) electrons. The number of amides is 2. The van der Waals surface area contributed by atoms with Gasteiger partial charge in [0, 0.05) is 49.5 Å². The highest BCUT2D eigenvalue weighted by atomic mass is 16.8. The van der Waals surface area contributed by atoms with Crippen molar-refractivity contribution in [2.75, 3.05) is 32.8 Å². The van der Waals surface area contributed by atoms with Crippen molar-refractivity contribution < 1.29 is 38.7 Å². The largest absolute Gasteiger partial charge is 0.527 e. The highest BCUT2D eigenvalue weighted by Gasteiger charge is 2.31. The highest BCUT2D eigenvalue weighted by Crippen LogP contribution is 2.31. The average Bonchev–Trinajstić information content (AvgIpc) is 2.99. The second-order valence-corrected chi connectivity index (χ2v) is 10.2. The van der Waals surface area contributed by atoms with Crippen LogP contribution in [0.25, 0.3) is 11.4 Å². The summed E-state index contributed by atoms with van der Waals surface area (Å²) < 4.78 is 4.77. The van der Waals surface area contributed by atoms with E-state index in [0.29, 0.717) is 42.8 Å². The number of aromatic nitrogens is 2. The number of aliphatic carboxylic acids is 1. The van der Waals surface area contributed by atoms with E-state index in [2.05, 4.69) is 10.3 Å². The van der Waals surface area contributed by atoms with Gasteiger partial charge in [-0.25, -0.2) is 14.8 Å². The van der Waals surface area contributed by atoms with Crippen molar-refractivity contribution in [3.05, 3.63) is 47.8 Å². The minimum Gasteiger partial charge on any atom is -0.481 e. The monoisotopic (exact) mass is 581 g/mol. The summed E-state index contributed by atoms with van der Waals surface area (Å²) in [5.74, 6) is -1.63. The minimum absolute atomic E-state index is 0.0164. The zero-order valence-electron chi connectivity index (χ0n) is 23.5. The molecule has 2 heterocycles. The first-order valence-electron chi connectivity index (χ1n) is 14.1. The first-order chi connectivity index (χ1) is 20.2. The molecule has 2 amide bonds. The lowest BCUT2D eigenvalue weighted by Gasteiger charge is -2.35. The van der Waals surface area contributed by atoms with Gasteiger partial charge in [-0.3, -0.25) is 19.2 Å². The molecule has 0 unspecified atom stereocenters. The van der Waals surface area contributed by atoms with E-state index in [1.54, 1.807) is 13.0 Å². The Bertz CT molecular complexity index is 1290. The average molecular weight is 582 g/mol. The second-order valence-electron chi connectivity index (χ2n) is 10.2. The van der Waals surface area contributed by atoms with E-state index in [0.717, 1.165) is 0 Å². The van der Waals surface area contributed by atoms with Crippen molar-refractivity contribution in [3.8, 4) is 11.4 Å². The standard InChI is InChI=1S/C29H35N5O8/c1-2-41-29(40)42-34-16-14-33(15-17-34)28(39)22(12-13-25(36)37)32-27(38)24-18-23(19-8-10-21(35)11-9-19)30-26(31-24)20-6-4-3-5-7-20/h3-7,18-19,22H,2,8-17H2,1H3,(H,32,38)(H,36,37)/t22-/m0/s1. The Morgan fingerprint density at radius 2 is 1.74 bits per heavy atom. The fourth-order valence-corrected chi connectivity index (χ4v) is 4.97. The summed E-state index contributed by atoms with van der Waals surface area (Å²) in [6, 6.07) is 9.66. The summed E-state index contributed by atoms with van der Waals surface area (Å²) in [4.78, 5) is 77.5. The van der Waals surface area contributed by atoms with Crippen molar-refractivity contribution in [2.45, 2.75) is 57.4 Å². The molecule has 224 valence electrons. The zero-order chi connectivity index (χ0) is 30.1. The number of carboxylic acid groups (broad SMARTS) is 1. The van der Waals surface area contributed by atoms with Crippen LogP contribution >= 0.6 is 0 Å². The Balaban J connectivity index is 1.52. The molecular weight excluding hydrogens is 546 g/mol. The summed E-state index contributed by atoms with van der Waals surface area (Å²) in [6.07, 6.45) is 0.855. The van der Waals surface area contributed by atoms with Gasteiger partial charge < -0.3 is 24.9 Å². The smallest absolute Gasteiger partial charge is 0.481 e. The Hall–Kier alpha value is -4.39. The maximum Gasteiger partial charge on any atom is 0.527 e. The lowest BCUT2D eigenvalue weighted by molar-refractivity contribution is -0.157. The molecule has 1 aliphatic carbocycles. The topological polar surface area (TPSA) is 168 Å². The van der Waals surface area contributed by atoms with Crippen LogP contribution in [0.1, 0.15) is 67.5 Å². The number of Topliss-reactive ketones (excluding diaryl/α,β-unsaturated/α-hetero) is 1. The molecule has 2 fully saturated rings. The van der Waals surface area contributed by atoms with Gasteiger partial charge in [0.05, 0.1) is 19.7 Å². The predicted molar refractivity (Wildman–Crippen MR) is 148 cm³/mol. The molecule has 2 N–H and O–H groups in total. The molecule has 13 nitrogen and oxygen atoms in total. The van der Waals surface area contributed by atoms with Gasteiger partial charge >= 0.3 is 12.1 Å². The van der Waals surface area contributed by atoms with Crippen LogP contribution in [0.2, 0.25) is 0 Å². The Kier molecular flexibility index (Phi) is 10.5. The molecule has 13 heteroatoms. The van der Waals surface area contributed by atoms with Crippen LogP contribution in [0, 0.1) is 0 Å². The first kappa shape index (κ1) is 30.6. The fourth-order valence-electron chi connectivity index (χ4n) is 4.97. The number of carbonyl (C=O) groups is 5. The number of piperazine rings is 1. The van der Waals surface area contributed by atoms with E-state index in [4.69, 9.17) is 14.6 Å². The van der Waals surface area contributed by atoms with Crippen molar-refractivity contribution >= 4 is 29.7 Å². The van der Waals surface area contributed by atoms with Crippen molar-refractivity contribution in [1.82, 2.24) is 25.2 Å². The maximum atomic E-state index is 13.5. The molecule has 1 atom stereocenters. The summed E-state index contributed by atoms with van der Waals surface area (Å²) in [5, 5.41) is 13.4. The Labute approximate surface area is 243 Å². The van der Waals surface area contributed by atoms with E-state index >= 15 is 0 Å². The van der Waals surface area contributed by atoms with Crippen LogP contribution in [0.3, 0.4) is 0 Å². The van der Waals surface area contributed by atoms with Crippen LogP contribution in [-0.2, 0) is 24.0 Å². The Morgan fingerprint density at radius 3 is 2.38 bits per heavy atom. The number of ether oxygens (including phenoxy) is 1. The number of carbonyl (C=O) groups excluding carboxylic acids is 4. The van der Waals surface area contributed by atoms with Gasteiger partial charge in [-0.1, -0.05) is 30.3 Å². The number of hydrogen-bond donors (Lipinski definition) is 2. The highest BCUT2D eigenvalue weighted by molar-refractivity contribution is 5.96. The number of benzene rings is 1. The third-order valence-corrected chi connectivity index (χ3v) is 7.24. The molecule has 0 spiro atoms. The maximum absolute atomic E-state index is 13.5. The van der Waals surface area contributed by atoms with E-state index in [1.165, 1.54) is 9.96 Å². The second kappa shape index (κ2) is 14.5. The first-order valence-corrected chi connectivity index (χ1v) is 14.1. The number of carboxylic acids is 1. The quantitative estimate of drug-likeness (QED) is 0.396. The zero-order valence-corrected chi connectivity index (χ0v) is 23.5. The van der Waals surface area contributed by atoms with Crippen molar-refractivity contribution in [2.24, 2.45) is 0 Å². The predicted octanol–water partition coefficient (Wildman–Crippen LogP) is 2.57. The minimum atomic E-state index is -1.11. The summed E-state index contributed by atoms with van der Waals surface area (Å²) in [5.41, 5.74) is 1.41. The molecule has 1 saturated carbocycles. The fraction of sp³-hybridized carbons (Fsp3) is 0.483. The molecule has 42 heavy (non-hydrogen) atoms. The lowest BCUT2D eigenvalue weighted by atomic mass is 9.86. The molecular formula is C29H35N5O8. The van der Waals surface area contributed by atoms with Gasteiger partial charge in [-0.15, -0.1) is 5.06 Å². The number of hydroxylamine groups is 2. The van der Waals surface area contributed by atoms with Crippen LogP contribution in [0.4, 0.5) is 4.79 Å². The van der Waals surface area contributed by atoms with Crippen molar-refractivity contribution in [3.63, 3.8) is 0 Å². The third-order valence-electron chi connectivity index (χ3n) is 7.24. The third kappa shape index (κ3) is 8.32. The number of nitrogens with one attached hydrogen (secondary N) is 1. The van der Waals surface area contributed by atoms with Crippen LogP contribution in [-0.4, -0.2) is 93.6 Å². The van der Waals surface area contributed by atoms with Gasteiger partial charge in [0.1, 0.15) is 17.5 Å².